The minimum atomic E-state index is -1.79. The van der Waals surface area contributed by atoms with E-state index in [-0.39, 0.29) is 21.8 Å². The lowest BCUT2D eigenvalue weighted by molar-refractivity contribution is 0.423. The molecule has 0 saturated heterocycles. The smallest absolute Gasteiger partial charge is 0.456 e. The van der Waals surface area contributed by atoms with Gasteiger partial charge in [0.2, 0.25) is 0 Å². The fourth-order valence-corrected chi connectivity index (χ4v) is 14.6. The zero-order valence-corrected chi connectivity index (χ0v) is 43.1. The summed E-state index contributed by atoms with van der Waals surface area (Å²) in [5.41, 5.74) is 3.25. The second-order valence-electron chi connectivity index (χ2n) is 17.1. The third-order valence-electron chi connectivity index (χ3n) is 12.7. The lowest BCUT2D eigenvalue weighted by Gasteiger charge is -2.05. The molecule has 0 bridgehead atoms. The summed E-state index contributed by atoms with van der Waals surface area (Å²) in [7, 11) is -1.79. The fraction of sp³-hybridized carbons (Fsp3) is 0. The van der Waals surface area contributed by atoms with Gasteiger partial charge in [0, 0.05) is 119 Å². The average molecular weight is 1090 g/mol. The Balaban J connectivity index is 0.000000107. The molecule has 0 aliphatic rings. The van der Waals surface area contributed by atoms with Gasteiger partial charge in [0.25, 0.3) is 0 Å². The Hall–Kier alpha value is -6.84. The van der Waals surface area contributed by atoms with E-state index in [1.165, 1.54) is 69.2 Å². The van der Waals surface area contributed by atoms with Crippen molar-refractivity contribution in [2.24, 2.45) is 0 Å². The highest BCUT2D eigenvalue weighted by Crippen LogP contribution is 2.44. The number of rotatable bonds is 2. The topological polar surface area (TPSA) is 53.6 Å². The maximum atomic E-state index is 14.4. The van der Waals surface area contributed by atoms with Gasteiger partial charge in [-0.05, 0) is 96.6 Å². The van der Waals surface area contributed by atoms with E-state index in [1.54, 1.807) is 53.0 Å². The third kappa shape index (κ3) is 9.05. The normalized spacial score (nSPS) is 11.3. The summed E-state index contributed by atoms with van der Waals surface area (Å²) in [6.07, 6.45) is 0. The lowest BCUT2D eigenvalue weighted by atomic mass is 9.79. The van der Waals surface area contributed by atoms with Crippen molar-refractivity contribution in [3.63, 3.8) is 0 Å². The molecule has 74 heavy (non-hydrogen) atoms. The number of hydrogen-bond acceptors (Lipinski definition) is 7. The van der Waals surface area contributed by atoms with Gasteiger partial charge in [0.15, 0.2) is 0 Å². The molecule has 0 amide bonds. The van der Waals surface area contributed by atoms with E-state index in [0.717, 1.165) is 57.8 Å². The molecule has 3 nitrogen and oxygen atoms in total. The maximum Gasteiger partial charge on any atom is 0.492 e. The Kier molecular flexibility index (Phi) is 13.7. The summed E-state index contributed by atoms with van der Waals surface area (Å²) < 4.78 is 55.5. The van der Waals surface area contributed by atoms with Gasteiger partial charge in [0.05, 0.1) is 0 Å². The second-order valence-corrected chi connectivity index (χ2v) is 22.2. The van der Waals surface area contributed by atoms with Gasteiger partial charge >= 0.3 is 7.12 Å². The van der Waals surface area contributed by atoms with E-state index in [1.807, 2.05) is 102 Å². The first kappa shape index (κ1) is 49.4. The highest BCUT2D eigenvalue weighted by Gasteiger charge is 2.22. The SMILES string of the molecule is Clc1ccc2c(c1)oc1ccc3c4ccccc4sc3c12.F.Fc1ccc2c(c1)sc1ccccc12.Fc1ccc2c(sc3ccccc32)c1-c1ccc(Cl)cc1.OB(O)c1c(F)ccc2c1sc1ccccc12. The summed E-state index contributed by atoms with van der Waals surface area (Å²) in [6, 6.07) is 61.3. The highest BCUT2D eigenvalue weighted by molar-refractivity contribution is 7.28. The van der Waals surface area contributed by atoms with Crippen LogP contribution in [0.1, 0.15) is 0 Å². The van der Waals surface area contributed by atoms with Gasteiger partial charge in [-0.1, -0.05) is 120 Å². The number of furan rings is 1. The van der Waals surface area contributed by atoms with Crippen LogP contribution in [0.25, 0.3) is 114 Å². The molecular formula is C60H35BCl2F4O3S4. The Labute approximate surface area is 445 Å². The molecular weight excluding hydrogens is 1050 g/mol. The molecule has 10 aromatic carbocycles. The Morgan fingerprint density at radius 3 is 1.47 bits per heavy atom. The first-order valence-corrected chi connectivity index (χ1v) is 26.9. The monoisotopic (exact) mass is 1090 g/mol. The predicted octanol–water partition coefficient (Wildman–Crippen LogP) is 19.3. The zero-order chi connectivity index (χ0) is 49.9. The lowest BCUT2D eigenvalue weighted by Crippen LogP contribution is -2.32. The fourth-order valence-electron chi connectivity index (χ4n) is 9.39. The molecule has 0 saturated carbocycles. The van der Waals surface area contributed by atoms with Crippen molar-refractivity contribution >= 4 is 184 Å². The molecule has 0 aliphatic carbocycles. The number of thiophene rings is 4. The van der Waals surface area contributed by atoms with Crippen molar-refractivity contribution in [1.82, 2.24) is 0 Å². The molecule has 5 aromatic heterocycles. The van der Waals surface area contributed by atoms with Crippen LogP contribution in [0.3, 0.4) is 0 Å². The maximum absolute atomic E-state index is 14.4. The van der Waals surface area contributed by atoms with Gasteiger partial charge in [-0.15, -0.1) is 45.3 Å². The van der Waals surface area contributed by atoms with Crippen LogP contribution in [0, 0.1) is 17.5 Å². The largest absolute Gasteiger partial charge is 0.492 e. The quantitative estimate of drug-likeness (QED) is 0.134. The van der Waals surface area contributed by atoms with Gasteiger partial charge < -0.3 is 14.5 Å². The molecule has 362 valence electrons. The summed E-state index contributed by atoms with van der Waals surface area (Å²) in [5.74, 6) is -0.945. The molecule has 0 unspecified atom stereocenters. The van der Waals surface area contributed by atoms with E-state index in [0.29, 0.717) is 20.3 Å². The first-order valence-electron chi connectivity index (χ1n) is 22.9. The molecule has 0 fully saturated rings. The number of benzene rings is 10. The molecule has 0 atom stereocenters. The standard InChI is InChI=1S/C18H10ClFS.C18H9ClOS.C12H8BFO2S.C12H7FS.FH/c19-12-7-5-11(6-8-12)17-15(20)10-9-14-13-3-1-2-4-16(13)21-18(14)17;19-10-5-6-13-15(9-10)20-14-8-7-12-11-3-1-2-4-16(11)21-18(12)17(13)14;14-9-6-5-8-7-3-1-2-4-10(7)17-12(8)11(9)13(15)16;13-8-5-6-10-9-3-1-2-4-11(9)14-12(10)7-8;/h1-10H;1-9H;1-6,15-16H;1-7H;1H. The van der Waals surface area contributed by atoms with Gasteiger partial charge in [-0.25, -0.2) is 13.2 Å². The predicted molar refractivity (Wildman–Crippen MR) is 312 cm³/mol. The van der Waals surface area contributed by atoms with Crippen molar-refractivity contribution in [3.8, 4) is 11.1 Å². The van der Waals surface area contributed by atoms with Crippen molar-refractivity contribution in [2.75, 3.05) is 0 Å². The van der Waals surface area contributed by atoms with Crippen LogP contribution in [0.5, 0.6) is 0 Å². The third-order valence-corrected chi connectivity index (χ3v) is 18.0. The molecule has 2 N–H and O–H groups in total. The van der Waals surface area contributed by atoms with Crippen LogP contribution in [0.2, 0.25) is 10.0 Å². The Morgan fingerprint density at radius 1 is 0.392 bits per heavy atom. The molecule has 0 spiro atoms. The van der Waals surface area contributed by atoms with E-state index in [9.17, 15) is 23.2 Å². The highest BCUT2D eigenvalue weighted by atomic mass is 35.5. The van der Waals surface area contributed by atoms with Gasteiger partial charge in [-0.2, -0.15) is 0 Å². The minimum Gasteiger partial charge on any atom is -0.456 e. The summed E-state index contributed by atoms with van der Waals surface area (Å²) in [5, 5.41) is 31.3. The van der Waals surface area contributed by atoms with E-state index < -0.39 is 12.9 Å². The summed E-state index contributed by atoms with van der Waals surface area (Å²) >= 11 is 18.5. The van der Waals surface area contributed by atoms with Crippen molar-refractivity contribution in [2.45, 2.75) is 0 Å². The van der Waals surface area contributed by atoms with Gasteiger partial charge in [-0.3, -0.25) is 4.70 Å². The van der Waals surface area contributed by atoms with Crippen LogP contribution < -0.4 is 5.46 Å². The number of fused-ring (bicyclic) bond motifs is 16. The Bertz CT molecular complexity index is 4580. The molecule has 14 heteroatoms. The van der Waals surface area contributed by atoms with Crippen LogP contribution >= 0.6 is 68.5 Å². The van der Waals surface area contributed by atoms with Crippen molar-refractivity contribution in [1.29, 1.82) is 0 Å². The van der Waals surface area contributed by atoms with Crippen LogP contribution in [-0.4, -0.2) is 17.2 Å². The van der Waals surface area contributed by atoms with E-state index in [2.05, 4.69) is 60.7 Å². The van der Waals surface area contributed by atoms with E-state index >= 15 is 0 Å². The van der Waals surface area contributed by atoms with E-state index in [4.69, 9.17) is 27.6 Å². The number of hydrogen-bond donors (Lipinski definition) is 2. The molecule has 0 radical (unpaired) electrons. The average Bonchev–Trinajstić information content (AvgIpc) is 4.23. The second kappa shape index (κ2) is 20.5. The van der Waals surface area contributed by atoms with Crippen molar-refractivity contribution < 1.29 is 32.3 Å². The first-order chi connectivity index (χ1) is 35.6. The number of halogens is 6. The minimum absolute atomic E-state index is 0. The molecule has 5 heterocycles. The molecule has 15 aromatic rings. The van der Waals surface area contributed by atoms with Crippen LogP contribution in [0.15, 0.2) is 199 Å². The molecule has 0 aliphatic heterocycles. The Morgan fingerprint density at radius 2 is 0.851 bits per heavy atom. The zero-order valence-electron chi connectivity index (χ0n) is 38.3. The summed E-state index contributed by atoms with van der Waals surface area (Å²) in [4.78, 5) is 0. The molecule has 15 rings (SSSR count). The van der Waals surface area contributed by atoms with Crippen LogP contribution in [0.4, 0.5) is 17.9 Å². The van der Waals surface area contributed by atoms with Gasteiger partial charge in [0.1, 0.15) is 28.6 Å². The summed E-state index contributed by atoms with van der Waals surface area (Å²) in [6.45, 7) is 0. The van der Waals surface area contributed by atoms with Crippen LogP contribution in [-0.2, 0) is 0 Å². The van der Waals surface area contributed by atoms with Crippen molar-refractivity contribution in [3.05, 3.63) is 222 Å².